The number of hydrogen-bond donors (Lipinski definition) is 0. The molecular formula is C9H13N3S. The van der Waals surface area contributed by atoms with E-state index < -0.39 is 5.41 Å². The quantitative estimate of drug-likeness (QED) is 0.724. The monoisotopic (exact) mass is 195 g/mol. The summed E-state index contributed by atoms with van der Waals surface area (Å²) in [4.78, 5) is 7.18. The Kier molecular flexibility index (Phi) is 2.58. The summed E-state index contributed by atoms with van der Waals surface area (Å²) >= 11 is 1.56. The molecule has 3 nitrogen and oxygen atoms in total. The predicted molar refractivity (Wildman–Crippen MR) is 55.1 cm³/mol. The second-order valence-corrected chi connectivity index (χ2v) is 4.65. The third-order valence-electron chi connectivity index (χ3n) is 1.77. The average molecular weight is 195 g/mol. The fraction of sp³-hybridized carbons (Fsp3) is 0.556. The van der Waals surface area contributed by atoms with Crippen molar-refractivity contribution >= 4 is 16.5 Å². The van der Waals surface area contributed by atoms with Crippen LogP contribution < -0.4 is 4.90 Å². The van der Waals surface area contributed by atoms with Gasteiger partial charge in [-0.25, -0.2) is 4.98 Å². The molecule has 1 heterocycles. The summed E-state index contributed by atoms with van der Waals surface area (Å²) in [6, 6.07) is 2.26. The molecule has 0 radical (unpaired) electrons. The Morgan fingerprint density at radius 2 is 2.15 bits per heavy atom. The van der Waals surface area contributed by atoms with E-state index in [1.165, 1.54) is 0 Å². The zero-order valence-electron chi connectivity index (χ0n) is 8.33. The van der Waals surface area contributed by atoms with Gasteiger partial charge in [-0.15, -0.1) is 11.3 Å². The molecular weight excluding hydrogens is 182 g/mol. The lowest BCUT2D eigenvalue weighted by Crippen LogP contribution is -2.11. The van der Waals surface area contributed by atoms with Crippen molar-refractivity contribution in [1.29, 1.82) is 5.26 Å². The van der Waals surface area contributed by atoms with Crippen LogP contribution in [0.15, 0.2) is 6.20 Å². The van der Waals surface area contributed by atoms with E-state index in [2.05, 4.69) is 11.1 Å². The summed E-state index contributed by atoms with van der Waals surface area (Å²) in [5, 5.41) is 9.85. The van der Waals surface area contributed by atoms with E-state index in [0.717, 1.165) is 10.0 Å². The molecule has 0 saturated heterocycles. The molecule has 0 aromatic carbocycles. The van der Waals surface area contributed by atoms with Gasteiger partial charge in [0.25, 0.3) is 0 Å². The van der Waals surface area contributed by atoms with Crippen molar-refractivity contribution in [2.24, 2.45) is 0 Å². The fourth-order valence-corrected chi connectivity index (χ4v) is 1.71. The number of rotatable bonds is 2. The lowest BCUT2D eigenvalue weighted by molar-refractivity contribution is 0.701. The molecule has 0 N–H and O–H groups in total. The second-order valence-electron chi connectivity index (χ2n) is 3.64. The smallest absolute Gasteiger partial charge is 0.185 e. The zero-order chi connectivity index (χ0) is 10.1. The highest BCUT2D eigenvalue weighted by Crippen LogP contribution is 2.30. The molecule has 70 valence electrons. The Labute approximate surface area is 82.6 Å². The highest BCUT2D eigenvalue weighted by Gasteiger charge is 2.22. The molecule has 13 heavy (non-hydrogen) atoms. The number of nitriles is 1. The maximum absolute atomic E-state index is 8.91. The van der Waals surface area contributed by atoms with Gasteiger partial charge in [-0.2, -0.15) is 5.26 Å². The van der Waals surface area contributed by atoms with Gasteiger partial charge in [0, 0.05) is 25.2 Å². The van der Waals surface area contributed by atoms with Crippen LogP contribution in [-0.4, -0.2) is 19.1 Å². The maximum Gasteiger partial charge on any atom is 0.185 e. The van der Waals surface area contributed by atoms with Crippen molar-refractivity contribution in [3.8, 4) is 6.07 Å². The second kappa shape index (κ2) is 3.35. The van der Waals surface area contributed by atoms with Crippen LogP contribution in [0.1, 0.15) is 18.7 Å². The topological polar surface area (TPSA) is 39.9 Å². The molecule has 4 heteroatoms. The Balaban J connectivity index is 3.00. The third-order valence-corrected chi connectivity index (χ3v) is 3.26. The van der Waals surface area contributed by atoms with Gasteiger partial charge in [0.05, 0.1) is 11.5 Å². The van der Waals surface area contributed by atoms with E-state index in [-0.39, 0.29) is 0 Å². The summed E-state index contributed by atoms with van der Waals surface area (Å²) in [7, 11) is 3.89. The van der Waals surface area contributed by atoms with Crippen LogP contribution in [0.25, 0.3) is 0 Å². The third kappa shape index (κ3) is 1.99. The SMILES string of the molecule is CN(C)c1ncc(C(C)(C)C#N)s1. The molecule has 0 bridgehead atoms. The highest BCUT2D eigenvalue weighted by molar-refractivity contribution is 7.15. The molecule has 0 spiro atoms. The van der Waals surface area contributed by atoms with Crippen LogP contribution in [0.4, 0.5) is 5.13 Å². The summed E-state index contributed by atoms with van der Waals surface area (Å²) in [6.45, 7) is 3.81. The van der Waals surface area contributed by atoms with E-state index in [0.29, 0.717) is 0 Å². The van der Waals surface area contributed by atoms with Crippen LogP contribution in [0, 0.1) is 11.3 Å². The largest absolute Gasteiger partial charge is 0.354 e. The van der Waals surface area contributed by atoms with Gasteiger partial charge in [0.15, 0.2) is 5.13 Å². The van der Waals surface area contributed by atoms with Crippen LogP contribution in [0.5, 0.6) is 0 Å². The Bertz CT molecular complexity index is 333. The molecule has 0 amide bonds. The van der Waals surface area contributed by atoms with E-state index in [1.54, 1.807) is 17.5 Å². The standard InChI is InChI=1S/C9H13N3S/c1-9(2,6-10)7-5-11-8(13-7)12(3)4/h5H,1-4H3. The molecule has 0 saturated carbocycles. The van der Waals surface area contributed by atoms with Crippen molar-refractivity contribution in [2.45, 2.75) is 19.3 Å². The average Bonchev–Trinajstić information content (AvgIpc) is 2.52. The first-order valence-corrected chi connectivity index (χ1v) is 4.84. The first kappa shape index (κ1) is 10.0. The van der Waals surface area contributed by atoms with Crippen LogP contribution in [0.3, 0.4) is 0 Å². The first-order valence-electron chi connectivity index (χ1n) is 4.02. The molecule has 0 aliphatic carbocycles. The van der Waals surface area contributed by atoms with Crippen LogP contribution in [-0.2, 0) is 5.41 Å². The normalized spacial score (nSPS) is 11.0. The van der Waals surface area contributed by atoms with Crippen molar-refractivity contribution in [1.82, 2.24) is 4.98 Å². The number of hydrogen-bond acceptors (Lipinski definition) is 4. The van der Waals surface area contributed by atoms with Crippen molar-refractivity contribution < 1.29 is 0 Å². The minimum Gasteiger partial charge on any atom is -0.354 e. The predicted octanol–water partition coefficient (Wildman–Crippen LogP) is 2.01. The summed E-state index contributed by atoms with van der Waals surface area (Å²) in [6.07, 6.45) is 1.78. The first-order chi connectivity index (χ1) is 5.97. The summed E-state index contributed by atoms with van der Waals surface area (Å²) in [5.74, 6) is 0. The van der Waals surface area contributed by atoms with Gasteiger partial charge < -0.3 is 4.90 Å². The minimum absolute atomic E-state index is 0.425. The molecule has 1 aromatic heterocycles. The van der Waals surface area contributed by atoms with E-state index in [1.807, 2.05) is 32.8 Å². The minimum atomic E-state index is -0.425. The summed E-state index contributed by atoms with van der Waals surface area (Å²) < 4.78 is 0. The molecule has 0 unspecified atom stereocenters. The fourth-order valence-electron chi connectivity index (χ4n) is 0.816. The molecule has 0 aliphatic heterocycles. The molecule has 0 fully saturated rings. The number of aromatic nitrogens is 1. The molecule has 0 aliphatic rings. The van der Waals surface area contributed by atoms with Gasteiger partial charge in [-0.05, 0) is 13.8 Å². The van der Waals surface area contributed by atoms with Gasteiger partial charge in [0.2, 0.25) is 0 Å². The number of anilines is 1. The number of nitrogens with zero attached hydrogens (tertiary/aromatic N) is 3. The van der Waals surface area contributed by atoms with Crippen molar-refractivity contribution in [2.75, 3.05) is 19.0 Å². The van der Waals surface area contributed by atoms with Crippen LogP contribution in [0.2, 0.25) is 0 Å². The van der Waals surface area contributed by atoms with Gasteiger partial charge in [-0.3, -0.25) is 0 Å². The Hall–Kier alpha value is -1.08. The van der Waals surface area contributed by atoms with E-state index in [9.17, 15) is 0 Å². The Morgan fingerprint density at radius 1 is 1.54 bits per heavy atom. The Morgan fingerprint density at radius 3 is 2.54 bits per heavy atom. The molecule has 1 rings (SSSR count). The van der Waals surface area contributed by atoms with Crippen molar-refractivity contribution in [3.63, 3.8) is 0 Å². The molecule has 1 aromatic rings. The maximum atomic E-state index is 8.91. The van der Waals surface area contributed by atoms with Crippen LogP contribution >= 0.6 is 11.3 Å². The number of thiazole rings is 1. The van der Waals surface area contributed by atoms with Gasteiger partial charge in [-0.1, -0.05) is 0 Å². The van der Waals surface area contributed by atoms with E-state index in [4.69, 9.17) is 5.26 Å². The molecule has 0 atom stereocenters. The lowest BCUT2D eigenvalue weighted by atomic mass is 9.95. The van der Waals surface area contributed by atoms with Crippen molar-refractivity contribution in [3.05, 3.63) is 11.1 Å². The van der Waals surface area contributed by atoms with E-state index >= 15 is 0 Å². The zero-order valence-corrected chi connectivity index (χ0v) is 9.14. The van der Waals surface area contributed by atoms with Gasteiger partial charge >= 0.3 is 0 Å². The lowest BCUT2D eigenvalue weighted by Gasteiger charge is -2.11. The summed E-state index contributed by atoms with van der Waals surface area (Å²) in [5.41, 5.74) is -0.425. The highest BCUT2D eigenvalue weighted by atomic mass is 32.1. The van der Waals surface area contributed by atoms with Gasteiger partial charge in [0.1, 0.15) is 0 Å².